The average molecular weight is 234 g/mol. The molecule has 0 spiro atoms. The zero-order valence-corrected chi connectivity index (χ0v) is 9.95. The Morgan fingerprint density at radius 3 is 2.75 bits per heavy atom. The van der Waals surface area contributed by atoms with Crippen molar-refractivity contribution in [3.05, 3.63) is 40.5 Å². The largest absolute Gasteiger partial charge is 0.298 e. The molecule has 0 saturated heterocycles. The smallest absolute Gasteiger partial charge is 0.150 e. The predicted molar refractivity (Wildman–Crippen MR) is 66.2 cm³/mol. The van der Waals surface area contributed by atoms with E-state index in [1.807, 2.05) is 32.0 Å². The fourth-order valence-electron chi connectivity index (χ4n) is 1.65. The molecule has 0 fully saturated rings. The molecular weight excluding hydrogens is 222 g/mol. The molecule has 0 saturated carbocycles. The number of benzene rings is 1. The van der Waals surface area contributed by atoms with Crippen molar-refractivity contribution in [3.8, 4) is 0 Å². The molecule has 1 aromatic carbocycles. The van der Waals surface area contributed by atoms with E-state index in [2.05, 4.69) is 4.98 Å². The number of hydrogen-bond acceptors (Lipinski definition) is 2. The normalized spacial score (nSPS) is 11.0. The summed E-state index contributed by atoms with van der Waals surface area (Å²) in [6.07, 6.45) is 0.853. The number of rotatable bonds is 2. The summed E-state index contributed by atoms with van der Waals surface area (Å²) in [4.78, 5) is 15.5. The predicted octanol–water partition coefficient (Wildman–Crippen LogP) is 3.82. The number of para-hydroxylation sites is 1. The number of pyridine rings is 1. The molecule has 16 heavy (non-hydrogen) atoms. The van der Waals surface area contributed by atoms with Gasteiger partial charge in [-0.25, -0.2) is 0 Å². The second-order valence-electron chi connectivity index (χ2n) is 4.04. The third-order valence-electron chi connectivity index (χ3n) is 2.56. The summed E-state index contributed by atoms with van der Waals surface area (Å²) >= 11 is 6.08. The summed E-state index contributed by atoms with van der Waals surface area (Å²) in [5, 5.41) is 1.40. The summed E-state index contributed by atoms with van der Waals surface area (Å²) in [7, 11) is 0. The number of carbonyl (C=O) groups excluding carboxylic acids is 1. The highest BCUT2D eigenvalue weighted by molar-refractivity contribution is 6.35. The average Bonchev–Trinajstić information content (AvgIpc) is 2.28. The Morgan fingerprint density at radius 2 is 2.12 bits per heavy atom. The van der Waals surface area contributed by atoms with Crippen molar-refractivity contribution in [2.45, 2.75) is 19.8 Å². The van der Waals surface area contributed by atoms with Crippen molar-refractivity contribution in [2.24, 2.45) is 0 Å². The summed E-state index contributed by atoms with van der Waals surface area (Å²) in [5.74, 6) is 0.277. The first-order valence-corrected chi connectivity index (χ1v) is 5.55. The van der Waals surface area contributed by atoms with Crippen LogP contribution < -0.4 is 0 Å². The Bertz CT molecular complexity index is 549. The number of hydrogen-bond donors (Lipinski definition) is 0. The Labute approximate surface area is 99.3 Å². The minimum atomic E-state index is 0.277. The molecule has 0 atom stereocenters. The number of halogens is 1. The van der Waals surface area contributed by atoms with Crippen LogP contribution in [-0.2, 0) is 0 Å². The SMILES string of the molecule is CC(C)c1cc(C=O)c2cccc(Cl)c2n1. The second kappa shape index (κ2) is 4.22. The van der Waals surface area contributed by atoms with E-state index in [-0.39, 0.29) is 5.92 Å². The molecule has 0 bridgehead atoms. The fourth-order valence-corrected chi connectivity index (χ4v) is 1.87. The van der Waals surface area contributed by atoms with Crippen LogP contribution in [0, 0.1) is 0 Å². The molecule has 0 aliphatic heterocycles. The van der Waals surface area contributed by atoms with Gasteiger partial charge in [0.15, 0.2) is 6.29 Å². The van der Waals surface area contributed by atoms with Crippen LogP contribution >= 0.6 is 11.6 Å². The Balaban J connectivity index is 2.84. The molecule has 0 N–H and O–H groups in total. The summed E-state index contributed by atoms with van der Waals surface area (Å²) in [5.41, 5.74) is 2.25. The molecule has 1 aromatic heterocycles. The molecule has 0 unspecified atom stereocenters. The van der Waals surface area contributed by atoms with Crippen LogP contribution in [0.25, 0.3) is 10.9 Å². The van der Waals surface area contributed by atoms with Gasteiger partial charge in [0.2, 0.25) is 0 Å². The summed E-state index contributed by atoms with van der Waals surface area (Å²) in [6, 6.07) is 7.31. The molecule has 2 aromatic rings. The summed E-state index contributed by atoms with van der Waals surface area (Å²) < 4.78 is 0. The van der Waals surface area contributed by atoms with E-state index >= 15 is 0 Å². The number of aldehydes is 1. The van der Waals surface area contributed by atoms with E-state index in [4.69, 9.17) is 11.6 Å². The van der Waals surface area contributed by atoms with E-state index in [9.17, 15) is 4.79 Å². The van der Waals surface area contributed by atoms with Crippen molar-refractivity contribution in [1.82, 2.24) is 4.98 Å². The van der Waals surface area contributed by atoms with E-state index in [0.717, 1.165) is 17.4 Å². The van der Waals surface area contributed by atoms with Gasteiger partial charge in [-0.2, -0.15) is 0 Å². The zero-order chi connectivity index (χ0) is 11.7. The standard InChI is InChI=1S/C13H12ClNO/c1-8(2)12-6-9(7-16)10-4-3-5-11(14)13(10)15-12/h3-8H,1-2H3. The van der Waals surface area contributed by atoms with Crippen LogP contribution in [0.5, 0.6) is 0 Å². The van der Waals surface area contributed by atoms with Gasteiger partial charge >= 0.3 is 0 Å². The van der Waals surface area contributed by atoms with Gasteiger partial charge in [0.1, 0.15) is 0 Å². The van der Waals surface area contributed by atoms with Gasteiger partial charge in [-0.3, -0.25) is 9.78 Å². The molecule has 0 radical (unpaired) electrons. The van der Waals surface area contributed by atoms with Crippen molar-refractivity contribution < 1.29 is 4.79 Å². The first-order chi connectivity index (χ1) is 7.63. The Kier molecular flexibility index (Phi) is 2.92. The van der Waals surface area contributed by atoms with Gasteiger partial charge in [-0.1, -0.05) is 37.6 Å². The molecular formula is C13H12ClNO. The molecule has 0 aliphatic rings. The molecule has 0 amide bonds. The molecule has 3 heteroatoms. The number of carbonyl (C=O) groups is 1. The molecule has 2 rings (SSSR count). The van der Waals surface area contributed by atoms with Gasteiger partial charge in [-0.05, 0) is 18.1 Å². The van der Waals surface area contributed by atoms with Crippen LogP contribution in [0.3, 0.4) is 0 Å². The van der Waals surface area contributed by atoms with Crippen LogP contribution in [0.4, 0.5) is 0 Å². The van der Waals surface area contributed by atoms with Crippen LogP contribution in [0.2, 0.25) is 5.02 Å². The van der Waals surface area contributed by atoms with Crippen molar-refractivity contribution in [2.75, 3.05) is 0 Å². The first-order valence-electron chi connectivity index (χ1n) is 5.18. The van der Waals surface area contributed by atoms with E-state index in [1.165, 1.54) is 0 Å². The van der Waals surface area contributed by atoms with Crippen LogP contribution in [0.1, 0.15) is 35.8 Å². The van der Waals surface area contributed by atoms with Gasteiger partial charge < -0.3 is 0 Å². The maximum absolute atomic E-state index is 11.0. The van der Waals surface area contributed by atoms with Gasteiger partial charge in [-0.15, -0.1) is 0 Å². The third kappa shape index (κ3) is 1.81. The number of nitrogens with zero attached hydrogens (tertiary/aromatic N) is 1. The molecule has 1 heterocycles. The Hall–Kier alpha value is -1.41. The molecule has 82 valence electrons. The highest BCUT2D eigenvalue weighted by Gasteiger charge is 2.09. The lowest BCUT2D eigenvalue weighted by Gasteiger charge is -2.09. The van der Waals surface area contributed by atoms with E-state index in [0.29, 0.717) is 16.1 Å². The topological polar surface area (TPSA) is 30.0 Å². The van der Waals surface area contributed by atoms with Crippen molar-refractivity contribution in [1.29, 1.82) is 0 Å². The monoisotopic (exact) mass is 233 g/mol. The highest BCUT2D eigenvalue weighted by atomic mass is 35.5. The zero-order valence-electron chi connectivity index (χ0n) is 9.20. The maximum atomic E-state index is 11.0. The lowest BCUT2D eigenvalue weighted by Crippen LogP contribution is -1.97. The summed E-state index contributed by atoms with van der Waals surface area (Å²) in [6.45, 7) is 4.08. The molecule has 0 aliphatic carbocycles. The van der Waals surface area contributed by atoms with E-state index < -0.39 is 0 Å². The number of aromatic nitrogens is 1. The minimum Gasteiger partial charge on any atom is -0.298 e. The lowest BCUT2D eigenvalue weighted by molar-refractivity contribution is 0.112. The first kappa shape index (κ1) is 11.1. The molecule has 2 nitrogen and oxygen atoms in total. The maximum Gasteiger partial charge on any atom is 0.150 e. The number of fused-ring (bicyclic) bond motifs is 1. The van der Waals surface area contributed by atoms with E-state index in [1.54, 1.807) is 6.07 Å². The quantitative estimate of drug-likeness (QED) is 0.738. The van der Waals surface area contributed by atoms with Crippen LogP contribution in [-0.4, -0.2) is 11.3 Å². The fraction of sp³-hybridized carbons (Fsp3) is 0.231. The highest BCUT2D eigenvalue weighted by Crippen LogP contribution is 2.26. The van der Waals surface area contributed by atoms with Crippen LogP contribution in [0.15, 0.2) is 24.3 Å². The third-order valence-corrected chi connectivity index (χ3v) is 2.87. The Morgan fingerprint density at radius 1 is 1.38 bits per heavy atom. The second-order valence-corrected chi connectivity index (χ2v) is 4.45. The van der Waals surface area contributed by atoms with Gasteiger partial charge in [0.25, 0.3) is 0 Å². The van der Waals surface area contributed by atoms with Gasteiger partial charge in [0.05, 0.1) is 10.5 Å². The van der Waals surface area contributed by atoms with Gasteiger partial charge in [0, 0.05) is 16.6 Å². The minimum absolute atomic E-state index is 0.277. The lowest BCUT2D eigenvalue weighted by atomic mass is 10.0. The van der Waals surface area contributed by atoms with Crippen molar-refractivity contribution >= 4 is 28.8 Å². The van der Waals surface area contributed by atoms with Crippen molar-refractivity contribution in [3.63, 3.8) is 0 Å².